The van der Waals surface area contributed by atoms with E-state index in [-0.39, 0.29) is 11.9 Å². The van der Waals surface area contributed by atoms with Crippen LogP contribution in [-0.4, -0.2) is 11.9 Å². The number of carbonyl (C=O) groups excluding carboxylic acids is 2. The van der Waals surface area contributed by atoms with E-state index in [1.807, 2.05) is 0 Å². The van der Waals surface area contributed by atoms with E-state index < -0.39 is 0 Å². The molecule has 0 aliphatic rings. The van der Waals surface area contributed by atoms with E-state index in [2.05, 4.69) is 62.5 Å². The Kier molecular flexibility index (Phi) is 28.8. The van der Waals surface area contributed by atoms with Crippen molar-refractivity contribution < 1.29 is 14.3 Å². The van der Waals surface area contributed by atoms with E-state index in [4.69, 9.17) is 4.74 Å². The fourth-order valence-corrected chi connectivity index (χ4v) is 4.09. The second kappa shape index (κ2) is 30.3. The van der Waals surface area contributed by atoms with E-state index in [1.54, 1.807) is 0 Å². The first-order valence-electron chi connectivity index (χ1n) is 15.5. The Labute approximate surface area is 229 Å². The number of ether oxygens (including phenoxy) is 1. The third kappa shape index (κ3) is 30.2. The lowest BCUT2D eigenvalue weighted by molar-refractivity contribution is -0.159. The van der Waals surface area contributed by atoms with Gasteiger partial charge < -0.3 is 4.74 Å². The topological polar surface area (TPSA) is 43.4 Å². The van der Waals surface area contributed by atoms with Crippen LogP contribution < -0.4 is 0 Å². The van der Waals surface area contributed by atoms with Gasteiger partial charge in [0, 0.05) is 12.8 Å². The summed E-state index contributed by atoms with van der Waals surface area (Å²) in [6.45, 7) is 4.49. The molecule has 0 radical (unpaired) electrons. The monoisotopic (exact) mass is 514 g/mol. The molecule has 0 aromatic carbocycles. The summed E-state index contributed by atoms with van der Waals surface area (Å²) >= 11 is 0. The molecule has 3 nitrogen and oxygen atoms in total. The minimum absolute atomic E-state index is 0.308. The van der Waals surface area contributed by atoms with Crippen molar-refractivity contribution in [2.24, 2.45) is 0 Å². The Balaban J connectivity index is 3.51. The fourth-order valence-electron chi connectivity index (χ4n) is 4.09. The number of carbonyl (C=O) groups is 2. The molecule has 0 bridgehead atoms. The molecule has 0 aliphatic heterocycles. The van der Waals surface area contributed by atoms with Gasteiger partial charge in [-0.25, -0.2) is 0 Å². The first kappa shape index (κ1) is 35.1. The quantitative estimate of drug-likeness (QED) is 0.0499. The molecular weight excluding hydrogens is 456 g/mol. The lowest BCUT2D eigenvalue weighted by atomic mass is 10.1. The fraction of sp³-hybridized carbons (Fsp3) is 0.706. The summed E-state index contributed by atoms with van der Waals surface area (Å²) in [5, 5.41) is 0. The molecule has 0 aliphatic carbocycles. The standard InChI is InChI=1S/C34H58O3/c1-3-5-7-9-11-13-15-16-17-18-19-20-22-24-26-28-30-32-34(36)37-33(35)31-29-27-25-23-21-14-12-10-8-6-4-2/h11,13,16-17,19-20,24,26H,3-10,12,14-15,18,21-23,25,27-32H2,1-2H3. The predicted octanol–water partition coefficient (Wildman–Crippen LogP) is 10.9. The van der Waals surface area contributed by atoms with E-state index >= 15 is 0 Å². The van der Waals surface area contributed by atoms with Crippen molar-refractivity contribution in [1.29, 1.82) is 0 Å². The van der Waals surface area contributed by atoms with Gasteiger partial charge in [-0.2, -0.15) is 0 Å². The Bertz CT molecular complexity index is 627. The minimum Gasteiger partial charge on any atom is -0.393 e. The predicted molar refractivity (Wildman–Crippen MR) is 161 cm³/mol. The van der Waals surface area contributed by atoms with Crippen LogP contribution in [0.25, 0.3) is 0 Å². The highest BCUT2D eigenvalue weighted by Crippen LogP contribution is 2.12. The van der Waals surface area contributed by atoms with Crippen LogP contribution in [0.5, 0.6) is 0 Å². The highest BCUT2D eigenvalue weighted by atomic mass is 16.6. The molecule has 212 valence electrons. The lowest BCUT2D eigenvalue weighted by Crippen LogP contribution is -2.11. The normalized spacial score (nSPS) is 12.1. The first-order chi connectivity index (χ1) is 18.2. The summed E-state index contributed by atoms with van der Waals surface area (Å²) in [7, 11) is 0. The van der Waals surface area contributed by atoms with Crippen molar-refractivity contribution in [2.75, 3.05) is 0 Å². The highest BCUT2D eigenvalue weighted by Gasteiger charge is 2.09. The Morgan fingerprint density at radius 2 is 0.784 bits per heavy atom. The highest BCUT2D eigenvalue weighted by molar-refractivity contribution is 5.85. The number of rotatable bonds is 26. The van der Waals surface area contributed by atoms with Crippen LogP contribution in [-0.2, 0) is 14.3 Å². The molecule has 0 aromatic heterocycles. The molecule has 3 heteroatoms. The van der Waals surface area contributed by atoms with Crippen LogP contribution in [0.2, 0.25) is 0 Å². The van der Waals surface area contributed by atoms with E-state index in [0.717, 1.165) is 44.9 Å². The maximum atomic E-state index is 11.8. The molecule has 0 N–H and O–H groups in total. The second-order valence-electron chi connectivity index (χ2n) is 10.1. The molecule has 0 atom stereocenters. The SMILES string of the molecule is CCCCCC=CCC=CCC=CCC=CCCCC(=O)OC(=O)CCCCCCCCCCCCC. The van der Waals surface area contributed by atoms with Crippen molar-refractivity contribution in [3.63, 3.8) is 0 Å². The summed E-state index contributed by atoms with van der Waals surface area (Å²) in [6.07, 6.45) is 41.5. The number of allylic oxidation sites excluding steroid dienone is 8. The van der Waals surface area contributed by atoms with Crippen molar-refractivity contribution >= 4 is 11.9 Å². The van der Waals surface area contributed by atoms with Crippen molar-refractivity contribution in [3.05, 3.63) is 48.6 Å². The molecule has 0 rings (SSSR count). The van der Waals surface area contributed by atoms with Gasteiger partial charge in [-0.15, -0.1) is 0 Å². The third-order valence-electron chi connectivity index (χ3n) is 6.42. The molecule has 0 saturated heterocycles. The first-order valence-corrected chi connectivity index (χ1v) is 15.5. The lowest BCUT2D eigenvalue weighted by Gasteiger charge is -2.04. The number of unbranched alkanes of at least 4 members (excludes halogenated alkanes) is 14. The molecule has 0 unspecified atom stereocenters. The summed E-state index contributed by atoms with van der Waals surface area (Å²) in [4.78, 5) is 23.6. The summed E-state index contributed by atoms with van der Waals surface area (Å²) < 4.78 is 4.95. The zero-order valence-corrected chi connectivity index (χ0v) is 24.4. The van der Waals surface area contributed by atoms with Gasteiger partial charge in [0.05, 0.1) is 0 Å². The molecule has 0 aromatic rings. The largest absolute Gasteiger partial charge is 0.393 e. The van der Waals surface area contributed by atoms with Crippen molar-refractivity contribution in [3.8, 4) is 0 Å². The van der Waals surface area contributed by atoms with Crippen molar-refractivity contribution in [2.45, 2.75) is 155 Å². The zero-order valence-electron chi connectivity index (χ0n) is 24.4. The third-order valence-corrected chi connectivity index (χ3v) is 6.42. The van der Waals surface area contributed by atoms with Crippen LogP contribution in [0.3, 0.4) is 0 Å². The van der Waals surface area contributed by atoms with Crippen molar-refractivity contribution in [1.82, 2.24) is 0 Å². The minimum atomic E-state index is -0.385. The maximum Gasteiger partial charge on any atom is 0.313 e. The molecule has 0 heterocycles. The summed E-state index contributed by atoms with van der Waals surface area (Å²) in [5.41, 5.74) is 0. The molecular formula is C34H58O3. The van der Waals surface area contributed by atoms with Gasteiger partial charge in [-0.05, 0) is 51.4 Å². The zero-order chi connectivity index (χ0) is 27.1. The van der Waals surface area contributed by atoms with E-state index in [9.17, 15) is 9.59 Å². The van der Waals surface area contributed by atoms with Gasteiger partial charge in [0.2, 0.25) is 0 Å². The summed E-state index contributed by atoms with van der Waals surface area (Å²) in [5.74, 6) is -0.748. The Morgan fingerprint density at radius 1 is 0.432 bits per heavy atom. The van der Waals surface area contributed by atoms with Crippen LogP contribution >= 0.6 is 0 Å². The smallest absolute Gasteiger partial charge is 0.313 e. The maximum absolute atomic E-state index is 11.8. The van der Waals surface area contributed by atoms with E-state index in [1.165, 1.54) is 83.5 Å². The molecule has 37 heavy (non-hydrogen) atoms. The van der Waals surface area contributed by atoms with Gasteiger partial charge in [0.1, 0.15) is 0 Å². The number of hydrogen-bond acceptors (Lipinski definition) is 3. The Morgan fingerprint density at radius 3 is 1.27 bits per heavy atom. The molecule has 0 amide bonds. The second-order valence-corrected chi connectivity index (χ2v) is 10.1. The Hall–Kier alpha value is -1.90. The van der Waals surface area contributed by atoms with Gasteiger partial charge in [0.15, 0.2) is 0 Å². The van der Waals surface area contributed by atoms with Gasteiger partial charge >= 0.3 is 11.9 Å². The summed E-state index contributed by atoms with van der Waals surface area (Å²) in [6, 6.07) is 0. The van der Waals surface area contributed by atoms with Crippen LogP contribution in [0.15, 0.2) is 48.6 Å². The van der Waals surface area contributed by atoms with Gasteiger partial charge in [-0.1, -0.05) is 140 Å². The molecule has 0 saturated carbocycles. The van der Waals surface area contributed by atoms with Crippen LogP contribution in [0.4, 0.5) is 0 Å². The average molecular weight is 515 g/mol. The average Bonchev–Trinajstić information content (AvgIpc) is 2.89. The van der Waals surface area contributed by atoms with E-state index in [0.29, 0.717) is 12.8 Å². The van der Waals surface area contributed by atoms with Gasteiger partial charge in [0.25, 0.3) is 0 Å². The number of esters is 2. The van der Waals surface area contributed by atoms with Gasteiger partial charge in [-0.3, -0.25) is 9.59 Å². The molecule has 0 spiro atoms. The molecule has 0 fully saturated rings. The number of hydrogen-bond donors (Lipinski definition) is 0. The van der Waals surface area contributed by atoms with Crippen LogP contribution in [0.1, 0.15) is 155 Å². The van der Waals surface area contributed by atoms with Crippen LogP contribution in [0, 0.1) is 0 Å².